The van der Waals surface area contributed by atoms with E-state index in [9.17, 15) is 5.11 Å². The Kier molecular flexibility index (Phi) is 14.2. The van der Waals surface area contributed by atoms with Crippen molar-refractivity contribution in [2.45, 2.75) is 53.4 Å². The van der Waals surface area contributed by atoms with Crippen LogP contribution in [0.15, 0.2) is 75.4 Å². The fourth-order valence-corrected chi connectivity index (χ4v) is 3.12. The van der Waals surface area contributed by atoms with E-state index in [1.807, 2.05) is 26.8 Å². The average molecular weight is 447 g/mol. The summed E-state index contributed by atoms with van der Waals surface area (Å²) in [6.07, 6.45) is 18.8. The Balaban J connectivity index is 0.000000589. The van der Waals surface area contributed by atoms with Crippen molar-refractivity contribution >= 4 is 17.3 Å². The molecule has 2 aliphatic heterocycles. The predicted molar refractivity (Wildman–Crippen MR) is 136 cm³/mol. The molecule has 0 unspecified atom stereocenters. The van der Waals surface area contributed by atoms with Crippen LogP contribution in [-0.2, 0) is 0 Å². The van der Waals surface area contributed by atoms with Gasteiger partial charge in [0.15, 0.2) is 5.76 Å². The number of aliphatic imine (C=N–C) groups is 1. The van der Waals surface area contributed by atoms with E-state index in [1.165, 1.54) is 25.9 Å². The highest BCUT2D eigenvalue weighted by Gasteiger charge is 2.14. The SMILES string of the molecule is C1CCNC1.CC.C\C=C/N=C1\C=C(CNC2=CNCC(Cl)=C2O)C=C\C1=C/CCC. The second-order valence-corrected chi connectivity index (χ2v) is 7.46. The number of unbranched alkanes of at least 4 members (excludes halogenated alkanes) is 1. The van der Waals surface area contributed by atoms with E-state index < -0.39 is 0 Å². The average Bonchev–Trinajstić information content (AvgIpc) is 3.39. The van der Waals surface area contributed by atoms with Gasteiger partial charge in [-0.3, -0.25) is 4.99 Å². The second kappa shape index (κ2) is 16.5. The number of nitrogens with one attached hydrogen (secondary N) is 3. The zero-order chi connectivity index (χ0) is 22.9. The largest absolute Gasteiger partial charge is 0.504 e. The summed E-state index contributed by atoms with van der Waals surface area (Å²) in [7, 11) is 0. The molecular weight excluding hydrogens is 408 g/mol. The summed E-state index contributed by atoms with van der Waals surface area (Å²) in [4.78, 5) is 4.51. The zero-order valence-electron chi connectivity index (χ0n) is 19.5. The van der Waals surface area contributed by atoms with Crippen molar-refractivity contribution in [1.29, 1.82) is 0 Å². The number of hydrogen-bond donors (Lipinski definition) is 4. The van der Waals surface area contributed by atoms with Crippen molar-refractivity contribution in [2.24, 2.45) is 4.99 Å². The lowest BCUT2D eigenvalue weighted by atomic mass is 9.98. The fourth-order valence-electron chi connectivity index (χ4n) is 2.94. The minimum atomic E-state index is 0.0992. The van der Waals surface area contributed by atoms with Crippen LogP contribution < -0.4 is 16.0 Å². The van der Waals surface area contributed by atoms with Gasteiger partial charge in [-0.25, -0.2) is 0 Å². The lowest BCUT2D eigenvalue weighted by Crippen LogP contribution is -2.26. The van der Waals surface area contributed by atoms with Crippen molar-refractivity contribution in [2.75, 3.05) is 26.2 Å². The van der Waals surface area contributed by atoms with Gasteiger partial charge in [-0.1, -0.05) is 63.1 Å². The molecule has 6 heteroatoms. The fraction of sp³-hybridized carbons (Fsp3) is 0.480. The molecule has 1 aliphatic carbocycles. The molecular formula is C25H39ClN4O. The summed E-state index contributed by atoms with van der Waals surface area (Å²) in [5, 5.41) is 19.8. The van der Waals surface area contributed by atoms with Gasteiger partial charge < -0.3 is 21.1 Å². The first-order chi connectivity index (χ1) is 15.2. The maximum atomic E-state index is 9.97. The molecule has 172 valence electrons. The van der Waals surface area contributed by atoms with Gasteiger partial charge >= 0.3 is 0 Å². The van der Waals surface area contributed by atoms with E-state index in [4.69, 9.17) is 11.6 Å². The Morgan fingerprint density at radius 2 is 1.97 bits per heavy atom. The molecule has 3 rings (SSSR count). The third kappa shape index (κ3) is 10.1. The number of nitrogens with zero attached hydrogens (tertiary/aromatic N) is 1. The standard InChI is InChI=1S/C19H24ClN3O.C4H9N.C2H6/c1-3-5-6-15-8-7-14(10-17(15)22-9-4-2)11-23-18-13-21-12-16(20)19(18)24;1-2-4-5-3-1;1-2/h4,6-10,13,21,23-24H,3,5,11-12H2,1-2H3;5H,1-4H2;1-2H3/b9-4-,15-6+,22-17+;;. The maximum absolute atomic E-state index is 9.97. The Morgan fingerprint density at radius 1 is 1.23 bits per heavy atom. The van der Waals surface area contributed by atoms with E-state index in [0.29, 0.717) is 23.8 Å². The highest BCUT2D eigenvalue weighted by molar-refractivity contribution is 6.30. The van der Waals surface area contributed by atoms with Crippen molar-refractivity contribution in [3.05, 3.63) is 70.4 Å². The molecule has 1 fully saturated rings. The van der Waals surface area contributed by atoms with Gasteiger partial charge in [0.05, 0.1) is 23.0 Å². The zero-order valence-corrected chi connectivity index (χ0v) is 20.2. The number of hydrogen-bond acceptors (Lipinski definition) is 5. The molecule has 0 bridgehead atoms. The molecule has 1 saturated heterocycles. The lowest BCUT2D eigenvalue weighted by molar-refractivity contribution is 0.405. The second-order valence-electron chi connectivity index (χ2n) is 7.00. The van der Waals surface area contributed by atoms with Crippen LogP contribution >= 0.6 is 11.6 Å². The number of aliphatic hydroxyl groups is 1. The summed E-state index contributed by atoms with van der Waals surface area (Å²) < 4.78 is 0. The molecule has 0 aromatic heterocycles. The van der Waals surface area contributed by atoms with Gasteiger partial charge in [-0.15, -0.1) is 0 Å². The Hall–Kier alpha value is -2.24. The van der Waals surface area contributed by atoms with Crippen LogP contribution in [0.25, 0.3) is 0 Å². The van der Waals surface area contributed by atoms with Gasteiger partial charge in [0.25, 0.3) is 0 Å². The third-order valence-electron chi connectivity index (χ3n) is 4.57. The van der Waals surface area contributed by atoms with Crippen molar-refractivity contribution in [1.82, 2.24) is 16.0 Å². The van der Waals surface area contributed by atoms with Crippen LogP contribution in [0, 0.1) is 0 Å². The third-order valence-corrected chi connectivity index (χ3v) is 4.88. The normalized spacial score (nSPS) is 20.5. The maximum Gasteiger partial charge on any atom is 0.156 e. The number of halogens is 1. The minimum absolute atomic E-state index is 0.0992. The number of rotatable bonds is 6. The number of dihydropyridines is 1. The van der Waals surface area contributed by atoms with Gasteiger partial charge in [0, 0.05) is 18.9 Å². The van der Waals surface area contributed by atoms with Crippen LogP contribution in [0.3, 0.4) is 0 Å². The summed E-state index contributed by atoms with van der Waals surface area (Å²) in [6, 6.07) is 0. The van der Waals surface area contributed by atoms with E-state index >= 15 is 0 Å². The van der Waals surface area contributed by atoms with Gasteiger partial charge in [-0.2, -0.15) is 0 Å². The molecule has 2 heterocycles. The molecule has 0 amide bonds. The number of aliphatic hydroxyl groups excluding tert-OH is 1. The molecule has 0 atom stereocenters. The van der Waals surface area contributed by atoms with Crippen molar-refractivity contribution in [3.63, 3.8) is 0 Å². The van der Waals surface area contributed by atoms with E-state index in [2.05, 4.69) is 52.2 Å². The topological polar surface area (TPSA) is 68.7 Å². The van der Waals surface area contributed by atoms with Crippen LogP contribution in [0.4, 0.5) is 0 Å². The van der Waals surface area contributed by atoms with Crippen molar-refractivity contribution < 1.29 is 5.11 Å². The smallest absolute Gasteiger partial charge is 0.156 e. The van der Waals surface area contributed by atoms with E-state index in [0.717, 1.165) is 29.7 Å². The summed E-state index contributed by atoms with van der Waals surface area (Å²) >= 11 is 5.95. The Morgan fingerprint density at radius 3 is 2.58 bits per heavy atom. The molecule has 4 N–H and O–H groups in total. The van der Waals surface area contributed by atoms with E-state index in [1.54, 1.807) is 12.4 Å². The molecule has 0 spiro atoms. The van der Waals surface area contributed by atoms with E-state index in [-0.39, 0.29) is 5.76 Å². The summed E-state index contributed by atoms with van der Waals surface area (Å²) in [6.45, 7) is 11.6. The molecule has 0 saturated carbocycles. The molecule has 3 aliphatic rings. The first-order valence-electron chi connectivity index (χ1n) is 11.4. The molecule has 0 aromatic rings. The number of allylic oxidation sites excluding steroid dienone is 5. The van der Waals surface area contributed by atoms with Gasteiger partial charge in [0.2, 0.25) is 0 Å². The lowest BCUT2D eigenvalue weighted by Gasteiger charge is -2.18. The predicted octanol–water partition coefficient (Wildman–Crippen LogP) is 5.62. The Labute approximate surface area is 193 Å². The highest BCUT2D eigenvalue weighted by Crippen LogP contribution is 2.18. The monoisotopic (exact) mass is 446 g/mol. The molecule has 5 nitrogen and oxygen atoms in total. The first kappa shape index (κ1) is 26.8. The van der Waals surface area contributed by atoms with Crippen LogP contribution in [0.1, 0.15) is 53.4 Å². The first-order valence-corrected chi connectivity index (χ1v) is 11.8. The van der Waals surface area contributed by atoms with Crippen molar-refractivity contribution in [3.8, 4) is 0 Å². The van der Waals surface area contributed by atoms with Gasteiger partial charge in [0.1, 0.15) is 0 Å². The minimum Gasteiger partial charge on any atom is -0.504 e. The Bertz CT molecular complexity index is 746. The highest BCUT2D eigenvalue weighted by atomic mass is 35.5. The molecule has 0 radical (unpaired) electrons. The molecule has 0 aromatic carbocycles. The summed E-state index contributed by atoms with van der Waals surface area (Å²) in [5.41, 5.74) is 3.78. The van der Waals surface area contributed by atoms with Crippen LogP contribution in [0.2, 0.25) is 0 Å². The van der Waals surface area contributed by atoms with Crippen LogP contribution in [0.5, 0.6) is 0 Å². The summed E-state index contributed by atoms with van der Waals surface area (Å²) in [5.74, 6) is 0.0992. The quantitative estimate of drug-likeness (QED) is 0.427. The van der Waals surface area contributed by atoms with Gasteiger partial charge in [-0.05, 0) is 56.5 Å². The molecule has 31 heavy (non-hydrogen) atoms. The van der Waals surface area contributed by atoms with Crippen LogP contribution in [-0.4, -0.2) is 37.0 Å².